The number of fused-ring (bicyclic) bond motifs is 1. The number of rotatable bonds is 6. The zero-order valence-electron chi connectivity index (χ0n) is 18.1. The third kappa shape index (κ3) is 4.60. The zero-order valence-corrected chi connectivity index (χ0v) is 19.0. The Hall–Kier alpha value is -3.23. The molecule has 0 aromatic heterocycles. The van der Waals surface area contributed by atoms with Crippen LogP contribution >= 0.6 is 7.82 Å². The molecule has 0 amide bonds. The van der Waals surface area contributed by atoms with Crippen LogP contribution in [-0.2, 0) is 4.57 Å². The number of benzene rings is 4. The van der Waals surface area contributed by atoms with Gasteiger partial charge in [0.1, 0.15) is 17.2 Å². The molecular formula is C26H25O4P. The highest BCUT2D eigenvalue weighted by Gasteiger charge is 2.35. The first-order chi connectivity index (χ1) is 14.8. The van der Waals surface area contributed by atoms with Gasteiger partial charge in [-0.1, -0.05) is 66.7 Å². The minimum Gasteiger partial charge on any atom is -0.386 e. The van der Waals surface area contributed by atoms with Gasteiger partial charge in [0.25, 0.3) is 0 Å². The second-order valence-electron chi connectivity index (χ2n) is 7.67. The Labute approximate surface area is 183 Å². The molecule has 0 saturated heterocycles. The fourth-order valence-corrected chi connectivity index (χ4v) is 5.03. The minimum absolute atomic E-state index is 0.416. The van der Waals surface area contributed by atoms with Crippen molar-refractivity contribution in [1.82, 2.24) is 0 Å². The first kappa shape index (κ1) is 21.0. The molecule has 0 atom stereocenters. The lowest BCUT2D eigenvalue weighted by Gasteiger charge is -2.23. The highest BCUT2D eigenvalue weighted by Crippen LogP contribution is 2.52. The molecule has 0 unspecified atom stereocenters. The van der Waals surface area contributed by atoms with E-state index in [9.17, 15) is 4.57 Å². The lowest BCUT2D eigenvalue weighted by atomic mass is 10.1. The third-order valence-corrected chi connectivity index (χ3v) is 6.41. The SMILES string of the molecule is Cc1cccc(C)c1OP(=O)(Oc1ccc2ccccc2c1)Oc1c(C)cccc1C. The maximum absolute atomic E-state index is 14.0. The van der Waals surface area contributed by atoms with Crippen molar-refractivity contribution in [2.45, 2.75) is 27.7 Å². The van der Waals surface area contributed by atoms with Crippen molar-refractivity contribution in [3.63, 3.8) is 0 Å². The Bertz CT molecular complexity index is 1200. The smallest absolute Gasteiger partial charge is 0.386 e. The maximum atomic E-state index is 14.0. The predicted octanol–water partition coefficient (Wildman–Crippen LogP) is 7.72. The van der Waals surface area contributed by atoms with Crippen molar-refractivity contribution in [1.29, 1.82) is 0 Å². The largest absolute Gasteiger partial charge is 0.647 e. The van der Waals surface area contributed by atoms with Gasteiger partial charge in [-0.05, 0) is 72.9 Å². The van der Waals surface area contributed by atoms with E-state index in [1.165, 1.54) is 0 Å². The molecule has 0 bridgehead atoms. The summed E-state index contributed by atoms with van der Waals surface area (Å²) < 4.78 is 32.0. The fourth-order valence-electron chi connectivity index (χ4n) is 3.52. The van der Waals surface area contributed by atoms with Crippen molar-refractivity contribution in [3.05, 3.63) is 101 Å². The lowest BCUT2D eigenvalue weighted by Crippen LogP contribution is -2.10. The summed E-state index contributed by atoms with van der Waals surface area (Å²) in [4.78, 5) is 0. The summed E-state index contributed by atoms with van der Waals surface area (Å²) in [6.07, 6.45) is 0. The number of phosphoric acid groups is 1. The molecule has 0 heterocycles. The Morgan fingerprint density at radius 1 is 0.548 bits per heavy atom. The second-order valence-corrected chi connectivity index (χ2v) is 9.11. The predicted molar refractivity (Wildman–Crippen MR) is 125 cm³/mol. The average Bonchev–Trinajstić information content (AvgIpc) is 2.74. The summed E-state index contributed by atoms with van der Waals surface area (Å²) >= 11 is 0. The van der Waals surface area contributed by atoms with E-state index >= 15 is 0 Å². The van der Waals surface area contributed by atoms with Crippen LogP contribution in [0.1, 0.15) is 22.3 Å². The van der Waals surface area contributed by atoms with Crippen LogP contribution in [0.2, 0.25) is 0 Å². The van der Waals surface area contributed by atoms with E-state index in [1.54, 1.807) is 6.07 Å². The van der Waals surface area contributed by atoms with Crippen LogP contribution in [0.15, 0.2) is 78.9 Å². The summed E-state index contributed by atoms with van der Waals surface area (Å²) in [5, 5.41) is 2.04. The first-order valence-corrected chi connectivity index (χ1v) is 11.6. The van der Waals surface area contributed by atoms with E-state index in [0.29, 0.717) is 17.2 Å². The summed E-state index contributed by atoms with van der Waals surface area (Å²) in [7, 11) is -4.07. The number of hydrogen-bond donors (Lipinski definition) is 0. The molecule has 4 nitrogen and oxygen atoms in total. The Morgan fingerprint density at radius 3 is 1.55 bits per heavy atom. The number of phosphoric ester groups is 1. The monoisotopic (exact) mass is 432 g/mol. The molecule has 4 aromatic carbocycles. The quantitative estimate of drug-likeness (QED) is 0.293. The average molecular weight is 432 g/mol. The molecule has 0 aliphatic rings. The van der Waals surface area contributed by atoms with Gasteiger partial charge in [0.15, 0.2) is 0 Å². The fraction of sp³-hybridized carbons (Fsp3) is 0.154. The Morgan fingerprint density at radius 2 is 1.03 bits per heavy atom. The van der Waals surface area contributed by atoms with Gasteiger partial charge >= 0.3 is 7.82 Å². The first-order valence-electron chi connectivity index (χ1n) is 10.1. The number of aryl methyl sites for hydroxylation is 4. The molecule has 0 N–H and O–H groups in total. The molecule has 0 radical (unpaired) electrons. The van der Waals surface area contributed by atoms with Gasteiger partial charge < -0.3 is 13.6 Å². The van der Waals surface area contributed by atoms with E-state index in [2.05, 4.69) is 0 Å². The zero-order chi connectivity index (χ0) is 22.0. The minimum atomic E-state index is -4.07. The molecule has 4 rings (SSSR count). The van der Waals surface area contributed by atoms with Crippen molar-refractivity contribution in [3.8, 4) is 17.2 Å². The second kappa shape index (κ2) is 8.49. The summed E-state index contributed by atoms with van der Waals surface area (Å²) in [6, 6.07) is 24.9. The Balaban J connectivity index is 1.76. The van der Waals surface area contributed by atoms with E-state index in [-0.39, 0.29) is 0 Å². The summed E-state index contributed by atoms with van der Waals surface area (Å²) in [6.45, 7) is 7.62. The third-order valence-electron chi connectivity index (χ3n) is 5.16. The molecule has 0 spiro atoms. The van der Waals surface area contributed by atoms with Crippen LogP contribution in [0.4, 0.5) is 0 Å². The number of para-hydroxylation sites is 2. The highest BCUT2D eigenvalue weighted by molar-refractivity contribution is 7.49. The van der Waals surface area contributed by atoms with Crippen LogP contribution < -0.4 is 13.6 Å². The molecule has 31 heavy (non-hydrogen) atoms. The molecular weight excluding hydrogens is 407 g/mol. The summed E-state index contributed by atoms with van der Waals surface area (Å²) in [5.41, 5.74) is 3.42. The van der Waals surface area contributed by atoms with Crippen molar-refractivity contribution < 1.29 is 18.1 Å². The normalized spacial score (nSPS) is 11.4. The van der Waals surface area contributed by atoms with Crippen molar-refractivity contribution in [2.75, 3.05) is 0 Å². The van der Waals surface area contributed by atoms with E-state index in [0.717, 1.165) is 33.0 Å². The van der Waals surface area contributed by atoms with Gasteiger partial charge in [-0.25, -0.2) is 0 Å². The van der Waals surface area contributed by atoms with Crippen molar-refractivity contribution in [2.24, 2.45) is 0 Å². The summed E-state index contributed by atoms with van der Waals surface area (Å²) in [5.74, 6) is 1.41. The number of hydrogen-bond acceptors (Lipinski definition) is 4. The molecule has 158 valence electrons. The molecule has 0 aliphatic carbocycles. The van der Waals surface area contributed by atoms with Gasteiger partial charge in [0.2, 0.25) is 0 Å². The van der Waals surface area contributed by atoms with E-state index < -0.39 is 7.82 Å². The molecule has 0 saturated carbocycles. The topological polar surface area (TPSA) is 44.8 Å². The van der Waals surface area contributed by atoms with Crippen LogP contribution in [0.25, 0.3) is 10.8 Å². The van der Waals surface area contributed by atoms with Gasteiger partial charge in [0.05, 0.1) is 0 Å². The molecule has 4 aromatic rings. The van der Waals surface area contributed by atoms with E-state index in [1.807, 2.05) is 100 Å². The van der Waals surface area contributed by atoms with Crippen LogP contribution in [0.3, 0.4) is 0 Å². The van der Waals surface area contributed by atoms with Crippen LogP contribution in [0.5, 0.6) is 17.2 Å². The maximum Gasteiger partial charge on any atom is 0.647 e. The van der Waals surface area contributed by atoms with Gasteiger partial charge in [-0.2, -0.15) is 4.57 Å². The Kier molecular flexibility index (Phi) is 5.75. The van der Waals surface area contributed by atoms with Gasteiger partial charge in [0, 0.05) is 0 Å². The molecule has 0 fully saturated rings. The van der Waals surface area contributed by atoms with E-state index in [4.69, 9.17) is 13.6 Å². The van der Waals surface area contributed by atoms with Crippen LogP contribution in [0, 0.1) is 27.7 Å². The standard InChI is InChI=1S/C26H25O4P/c1-18-9-7-10-19(2)25(18)29-31(27,30-26-20(3)11-8-12-21(26)4)28-24-16-15-22-13-5-6-14-23(22)17-24/h5-17H,1-4H3. The lowest BCUT2D eigenvalue weighted by molar-refractivity contribution is 0.296. The van der Waals surface area contributed by atoms with Gasteiger partial charge in [-0.3, -0.25) is 0 Å². The molecule has 0 aliphatic heterocycles. The van der Waals surface area contributed by atoms with Gasteiger partial charge in [-0.15, -0.1) is 0 Å². The van der Waals surface area contributed by atoms with Crippen molar-refractivity contribution >= 4 is 18.6 Å². The molecule has 5 heteroatoms. The van der Waals surface area contributed by atoms with Crippen LogP contribution in [-0.4, -0.2) is 0 Å². The highest BCUT2D eigenvalue weighted by atomic mass is 31.2.